The summed E-state index contributed by atoms with van der Waals surface area (Å²) in [6, 6.07) is 1.64. The van der Waals surface area contributed by atoms with E-state index in [9.17, 15) is 13.2 Å². The molecule has 0 spiro atoms. The van der Waals surface area contributed by atoms with Crippen LogP contribution in [0.15, 0.2) is 18.5 Å². The van der Waals surface area contributed by atoms with E-state index in [0.717, 1.165) is 18.4 Å². The highest BCUT2D eigenvalue weighted by Crippen LogP contribution is 2.30. The maximum atomic E-state index is 12.7. The van der Waals surface area contributed by atoms with Crippen molar-refractivity contribution in [2.75, 3.05) is 12.0 Å². The molecule has 1 aromatic rings. The zero-order chi connectivity index (χ0) is 14.9. The van der Waals surface area contributed by atoms with E-state index in [1.165, 1.54) is 6.26 Å². The SMILES string of the molecule is Cc1ccncc1C(=O)N(C(C)CS(C)(=O)=O)C1CC1. The Bertz CT molecular complexity index is 609. The van der Waals surface area contributed by atoms with Crippen molar-refractivity contribution in [2.45, 2.75) is 38.8 Å². The summed E-state index contributed by atoms with van der Waals surface area (Å²) in [5.41, 5.74) is 1.42. The molecular formula is C14H20N2O3S. The smallest absolute Gasteiger partial charge is 0.256 e. The van der Waals surface area contributed by atoms with E-state index in [1.807, 2.05) is 6.92 Å². The quantitative estimate of drug-likeness (QED) is 0.824. The number of carbonyl (C=O) groups is 1. The summed E-state index contributed by atoms with van der Waals surface area (Å²) in [5, 5.41) is 0. The van der Waals surface area contributed by atoms with Crippen LogP contribution in [-0.4, -0.2) is 48.3 Å². The molecule has 0 bridgehead atoms. The topological polar surface area (TPSA) is 67.3 Å². The van der Waals surface area contributed by atoms with E-state index in [4.69, 9.17) is 0 Å². The van der Waals surface area contributed by atoms with Crippen molar-refractivity contribution >= 4 is 15.7 Å². The summed E-state index contributed by atoms with van der Waals surface area (Å²) in [4.78, 5) is 18.4. The lowest BCUT2D eigenvalue weighted by atomic mass is 10.1. The molecule has 20 heavy (non-hydrogen) atoms. The van der Waals surface area contributed by atoms with Crippen LogP contribution in [0.5, 0.6) is 0 Å². The third kappa shape index (κ3) is 3.56. The van der Waals surface area contributed by atoms with Crippen LogP contribution in [0, 0.1) is 6.92 Å². The maximum Gasteiger partial charge on any atom is 0.256 e. The van der Waals surface area contributed by atoms with Gasteiger partial charge in [0.2, 0.25) is 0 Å². The van der Waals surface area contributed by atoms with Gasteiger partial charge in [0, 0.05) is 30.7 Å². The van der Waals surface area contributed by atoms with Crippen LogP contribution < -0.4 is 0 Å². The Hall–Kier alpha value is -1.43. The average Bonchev–Trinajstić information content (AvgIpc) is 3.11. The minimum atomic E-state index is -3.11. The van der Waals surface area contributed by atoms with Crippen molar-refractivity contribution in [1.82, 2.24) is 9.88 Å². The second-order valence-corrected chi connectivity index (χ2v) is 7.76. The molecule has 110 valence electrons. The number of aryl methyl sites for hydroxylation is 1. The van der Waals surface area contributed by atoms with Crippen LogP contribution >= 0.6 is 0 Å². The van der Waals surface area contributed by atoms with E-state index >= 15 is 0 Å². The van der Waals surface area contributed by atoms with Gasteiger partial charge in [-0.2, -0.15) is 0 Å². The van der Waals surface area contributed by atoms with Crippen molar-refractivity contribution in [3.8, 4) is 0 Å². The summed E-state index contributed by atoms with van der Waals surface area (Å²) >= 11 is 0. The lowest BCUT2D eigenvalue weighted by Crippen LogP contribution is -2.44. The second-order valence-electron chi connectivity index (χ2n) is 5.58. The van der Waals surface area contributed by atoms with Crippen molar-refractivity contribution < 1.29 is 13.2 Å². The zero-order valence-corrected chi connectivity index (χ0v) is 12.9. The normalized spacial score (nSPS) is 16.8. The molecule has 2 rings (SSSR count). The third-order valence-electron chi connectivity index (χ3n) is 3.46. The Morgan fingerprint density at radius 3 is 2.65 bits per heavy atom. The lowest BCUT2D eigenvalue weighted by molar-refractivity contribution is 0.0691. The van der Waals surface area contributed by atoms with Crippen molar-refractivity contribution in [2.24, 2.45) is 0 Å². The Labute approximate surface area is 119 Å². The summed E-state index contributed by atoms with van der Waals surface area (Å²) < 4.78 is 22.9. The largest absolute Gasteiger partial charge is 0.332 e. The predicted molar refractivity (Wildman–Crippen MR) is 77.3 cm³/mol. The van der Waals surface area contributed by atoms with Crippen molar-refractivity contribution in [1.29, 1.82) is 0 Å². The van der Waals surface area contributed by atoms with Crippen molar-refractivity contribution in [3.05, 3.63) is 29.6 Å². The minimum Gasteiger partial charge on any atom is -0.332 e. The van der Waals surface area contributed by atoms with Crippen LogP contribution in [0.3, 0.4) is 0 Å². The number of rotatable bonds is 5. The van der Waals surface area contributed by atoms with Gasteiger partial charge in [0.05, 0.1) is 11.3 Å². The molecule has 0 aliphatic heterocycles. The number of hydrogen-bond donors (Lipinski definition) is 0. The zero-order valence-electron chi connectivity index (χ0n) is 12.0. The standard InChI is InChI=1S/C14H20N2O3S/c1-10-6-7-15-8-13(10)14(17)16(12-4-5-12)11(2)9-20(3,18)19/h6-8,11-12H,4-5,9H2,1-3H3. The third-order valence-corrected chi connectivity index (χ3v) is 4.55. The first kappa shape index (κ1) is 15.0. The van der Waals surface area contributed by atoms with Gasteiger partial charge >= 0.3 is 0 Å². The molecule has 1 amide bonds. The molecule has 0 radical (unpaired) electrons. The molecule has 0 saturated heterocycles. The number of carbonyl (C=O) groups excluding carboxylic acids is 1. The van der Waals surface area contributed by atoms with E-state index < -0.39 is 9.84 Å². The van der Waals surface area contributed by atoms with E-state index in [1.54, 1.807) is 30.3 Å². The molecule has 1 atom stereocenters. The van der Waals surface area contributed by atoms with Gasteiger partial charge in [-0.3, -0.25) is 9.78 Å². The Morgan fingerprint density at radius 1 is 1.50 bits per heavy atom. The molecule has 0 N–H and O–H groups in total. The lowest BCUT2D eigenvalue weighted by Gasteiger charge is -2.29. The molecule has 1 unspecified atom stereocenters. The molecule has 5 nitrogen and oxygen atoms in total. The predicted octanol–water partition coefficient (Wildman–Crippen LogP) is 1.43. The summed E-state index contributed by atoms with van der Waals surface area (Å²) in [7, 11) is -3.11. The monoisotopic (exact) mass is 296 g/mol. The molecule has 1 saturated carbocycles. The molecular weight excluding hydrogens is 276 g/mol. The number of amides is 1. The first-order chi connectivity index (χ1) is 9.29. The van der Waals surface area contributed by atoms with Gasteiger partial charge in [0.1, 0.15) is 9.84 Å². The fourth-order valence-corrected chi connectivity index (χ4v) is 3.46. The first-order valence-electron chi connectivity index (χ1n) is 6.70. The van der Waals surface area contributed by atoms with Gasteiger partial charge in [0.25, 0.3) is 5.91 Å². The van der Waals surface area contributed by atoms with Gasteiger partial charge in [0.15, 0.2) is 0 Å². The highest BCUT2D eigenvalue weighted by molar-refractivity contribution is 7.90. The summed E-state index contributed by atoms with van der Waals surface area (Å²) in [6.07, 6.45) is 6.29. The van der Waals surface area contributed by atoms with E-state index in [-0.39, 0.29) is 23.7 Å². The molecule has 0 aromatic carbocycles. The fourth-order valence-electron chi connectivity index (χ4n) is 2.42. The fraction of sp³-hybridized carbons (Fsp3) is 0.571. The van der Waals surface area contributed by atoms with Gasteiger partial charge < -0.3 is 4.90 Å². The highest BCUT2D eigenvalue weighted by atomic mass is 32.2. The average molecular weight is 296 g/mol. The van der Waals surface area contributed by atoms with E-state index in [2.05, 4.69) is 4.98 Å². The maximum absolute atomic E-state index is 12.7. The van der Waals surface area contributed by atoms with Crippen LogP contribution in [-0.2, 0) is 9.84 Å². The second kappa shape index (κ2) is 5.52. The van der Waals surface area contributed by atoms with Crippen LogP contribution in [0.25, 0.3) is 0 Å². The van der Waals surface area contributed by atoms with Gasteiger partial charge in [-0.15, -0.1) is 0 Å². The molecule has 6 heteroatoms. The number of nitrogens with zero attached hydrogens (tertiary/aromatic N) is 2. The Morgan fingerprint density at radius 2 is 2.15 bits per heavy atom. The summed E-state index contributed by atoms with van der Waals surface area (Å²) in [6.45, 7) is 3.66. The van der Waals surface area contributed by atoms with Gasteiger partial charge in [-0.25, -0.2) is 8.42 Å². The van der Waals surface area contributed by atoms with E-state index in [0.29, 0.717) is 5.56 Å². The summed E-state index contributed by atoms with van der Waals surface area (Å²) in [5.74, 6) is -0.122. The van der Waals surface area contributed by atoms with Gasteiger partial charge in [-0.1, -0.05) is 0 Å². The van der Waals surface area contributed by atoms with Crippen LogP contribution in [0.4, 0.5) is 0 Å². The molecule has 1 aromatic heterocycles. The minimum absolute atomic E-state index is 0.00541. The highest BCUT2D eigenvalue weighted by Gasteiger charge is 2.37. The Kier molecular flexibility index (Phi) is 4.13. The van der Waals surface area contributed by atoms with Crippen molar-refractivity contribution in [3.63, 3.8) is 0 Å². The van der Waals surface area contributed by atoms with Crippen LogP contribution in [0.1, 0.15) is 35.7 Å². The van der Waals surface area contributed by atoms with Crippen LogP contribution in [0.2, 0.25) is 0 Å². The number of hydrogen-bond acceptors (Lipinski definition) is 4. The molecule has 1 fully saturated rings. The number of aromatic nitrogens is 1. The molecule has 1 aliphatic carbocycles. The number of sulfone groups is 1. The Balaban J connectivity index is 2.25. The first-order valence-corrected chi connectivity index (χ1v) is 8.76. The molecule has 1 aliphatic rings. The van der Waals surface area contributed by atoms with Gasteiger partial charge in [-0.05, 0) is 38.3 Å². The molecule has 1 heterocycles. The number of pyridine rings is 1.